The summed E-state index contributed by atoms with van der Waals surface area (Å²) < 4.78 is 39.8. The molecule has 37 heavy (non-hydrogen) atoms. The second-order valence-corrected chi connectivity index (χ2v) is 8.90. The predicted octanol–water partition coefficient (Wildman–Crippen LogP) is 4.00. The Morgan fingerprint density at radius 1 is 0.838 bits per heavy atom. The van der Waals surface area contributed by atoms with E-state index in [0.717, 1.165) is 41.7 Å². The Labute approximate surface area is 216 Å². The zero-order valence-corrected chi connectivity index (χ0v) is 22.3. The largest absolute Gasteiger partial charge is 0.496 e. The van der Waals surface area contributed by atoms with Crippen LogP contribution >= 0.6 is 0 Å². The maximum atomic E-state index is 12.6. The lowest BCUT2D eigenvalue weighted by Gasteiger charge is -2.30. The molecule has 3 aromatic rings. The molecule has 9 heteroatoms. The summed E-state index contributed by atoms with van der Waals surface area (Å²) in [5.74, 6) is 2.51. The van der Waals surface area contributed by atoms with Gasteiger partial charge in [-0.2, -0.15) is 0 Å². The van der Waals surface area contributed by atoms with E-state index < -0.39 is 5.63 Å². The molecule has 1 saturated heterocycles. The van der Waals surface area contributed by atoms with Crippen LogP contribution in [0.25, 0.3) is 11.0 Å². The number of aryl methyl sites for hydroxylation is 1. The predicted molar refractivity (Wildman–Crippen MR) is 140 cm³/mol. The molecule has 0 unspecified atom stereocenters. The fourth-order valence-corrected chi connectivity index (χ4v) is 5.06. The number of ether oxygens (including phenoxy) is 6. The summed E-state index contributed by atoms with van der Waals surface area (Å²) >= 11 is 0. The average molecular weight is 514 g/mol. The molecular weight excluding hydrogens is 478 g/mol. The van der Waals surface area contributed by atoms with Gasteiger partial charge in [-0.1, -0.05) is 0 Å². The van der Waals surface area contributed by atoms with Crippen molar-refractivity contribution in [1.82, 2.24) is 4.90 Å². The van der Waals surface area contributed by atoms with E-state index in [4.69, 9.17) is 32.8 Å². The summed E-state index contributed by atoms with van der Waals surface area (Å²) in [5, 5.41) is 0.738. The second kappa shape index (κ2) is 11.7. The third kappa shape index (κ3) is 5.33. The quantitative estimate of drug-likeness (QED) is 0.373. The van der Waals surface area contributed by atoms with Crippen molar-refractivity contribution in [3.8, 4) is 28.7 Å². The van der Waals surface area contributed by atoms with E-state index in [1.807, 2.05) is 25.1 Å². The van der Waals surface area contributed by atoms with Gasteiger partial charge in [-0.15, -0.1) is 0 Å². The fourth-order valence-electron chi connectivity index (χ4n) is 5.06. The van der Waals surface area contributed by atoms with Crippen LogP contribution in [0.1, 0.15) is 29.0 Å². The summed E-state index contributed by atoms with van der Waals surface area (Å²) in [7, 11) is 7.96. The number of methoxy groups -OCH3 is 5. The number of nitrogens with zero attached hydrogens (tertiary/aromatic N) is 1. The molecule has 0 saturated carbocycles. The van der Waals surface area contributed by atoms with Crippen LogP contribution in [0.15, 0.2) is 33.5 Å². The highest BCUT2D eigenvalue weighted by Crippen LogP contribution is 2.47. The Balaban J connectivity index is 1.98. The second-order valence-electron chi connectivity index (χ2n) is 8.90. The third-order valence-electron chi connectivity index (χ3n) is 6.89. The SMILES string of the molecule is COc1cc([C@@H](CCN2CCOCC2)c2c(OC)cc(OC)c3c(C)cc(=O)oc23)cc(OC)c1OC. The van der Waals surface area contributed by atoms with Crippen LogP contribution < -0.4 is 29.3 Å². The van der Waals surface area contributed by atoms with Crippen molar-refractivity contribution in [3.63, 3.8) is 0 Å². The van der Waals surface area contributed by atoms with Crippen molar-refractivity contribution >= 4 is 11.0 Å². The summed E-state index contributed by atoms with van der Waals surface area (Å²) in [4.78, 5) is 14.9. The monoisotopic (exact) mass is 513 g/mol. The van der Waals surface area contributed by atoms with Gasteiger partial charge in [-0.3, -0.25) is 4.90 Å². The smallest absolute Gasteiger partial charge is 0.336 e. The molecule has 0 aliphatic carbocycles. The van der Waals surface area contributed by atoms with E-state index >= 15 is 0 Å². The first-order valence-electron chi connectivity index (χ1n) is 12.2. The molecule has 0 spiro atoms. The third-order valence-corrected chi connectivity index (χ3v) is 6.89. The Hall–Kier alpha value is -3.43. The summed E-state index contributed by atoms with van der Waals surface area (Å²) in [5.41, 5.74) is 2.46. The molecule has 2 aromatic carbocycles. The van der Waals surface area contributed by atoms with Crippen LogP contribution in [-0.2, 0) is 4.74 Å². The lowest BCUT2D eigenvalue weighted by molar-refractivity contribution is 0.0369. The van der Waals surface area contributed by atoms with Gasteiger partial charge in [0.2, 0.25) is 5.75 Å². The molecular formula is C28H35NO8. The van der Waals surface area contributed by atoms with Crippen molar-refractivity contribution in [2.75, 3.05) is 68.4 Å². The Bertz CT molecular complexity index is 1270. The van der Waals surface area contributed by atoms with Crippen molar-refractivity contribution in [2.24, 2.45) is 0 Å². The number of hydrogen-bond acceptors (Lipinski definition) is 9. The molecule has 0 radical (unpaired) electrons. The molecule has 0 N–H and O–H groups in total. The molecule has 0 bridgehead atoms. The zero-order chi connectivity index (χ0) is 26.5. The van der Waals surface area contributed by atoms with E-state index in [-0.39, 0.29) is 5.92 Å². The molecule has 1 fully saturated rings. The summed E-state index contributed by atoms with van der Waals surface area (Å²) in [6, 6.07) is 7.21. The Morgan fingerprint density at radius 2 is 1.46 bits per heavy atom. The van der Waals surface area contributed by atoms with Gasteiger partial charge in [0.15, 0.2) is 11.5 Å². The van der Waals surface area contributed by atoms with Crippen molar-refractivity contribution in [2.45, 2.75) is 19.3 Å². The average Bonchev–Trinajstić information content (AvgIpc) is 2.92. The lowest BCUT2D eigenvalue weighted by atomic mass is 9.85. The van der Waals surface area contributed by atoms with Gasteiger partial charge in [0, 0.05) is 36.7 Å². The first-order valence-corrected chi connectivity index (χ1v) is 12.2. The maximum Gasteiger partial charge on any atom is 0.336 e. The lowest BCUT2D eigenvalue weighted by Crippen LogP contribution is -2.37. The highest BCUT2D eigenvalue weighted by molar-refractivity contribution is 5.92. The minimum atomic E-state index is -0.432. The van der Waals surface area contributed by atoms with Crippen LogP contribution in [0.3, 0.4) is 0 Å². The molecule has 1 atom stereocenters. The molecule has 4 rings (SSSR count). The zero-order valence-electron chi connectivity index (χ0n) is 22.3. The van der Waals surface area contributed by atoms with Gasteiger partial charge >= 0.3 is 5.63 Å². The van der Waals surface area contributed by atoms with Crippen LogP contribution in [-0.4, -0.2) is 73.3 Å². The number of benzene rings is 2. The number of fused-ring (bicyclic) bond motifs is 1. The Morgan fingerprint density at radius 3 is 2.03 bits per heavy atom. The van der Waals surface area contributed by atoms with E-state index in [1.54, 1.807) is 35.5 Å². The topological polar surface area (TPSA) is 88.8 Å². The molecule has 1 aliphatic rings. The van der Waals surface area contributed by atoms with Gasteiger partial charge in [0.25, 0.3) is 0 Å². The highest BCUT2D eigenvalue weighted by Gasteiger charge is 2.29. The van der Waals surface area contributed by atoms with Gasteiger partial charge in [0.05, 0.1) is 54.1 Å². The molecule has 1 aliphatic heterocycles. The molecule has 1 aromatic heterocycles. The minimum absolute atomic E-state index is 0.232. The van der Waals surface area contributed by atoms with E-state index in [2.05, 4.69) is 4.90 Å². The first kappa shape index (κ1) is 26.6. The summed E-state index contributed by atoms with van der Waals surface area (Å²) in [6.45, 7) is 5.81. The molecule has 9 nitrogen and oxygen atoms in total. The number of morpholine rings is 1. The fraction of sp³-hybridized carbons (Fsp3) is 0.464. The highest BCUT2D eigenvalue weighted by atomic mass is 16.5. The summed E-state index contributed by atoms with van der Waals surface area (Å²) in [6.07, 6.45) is 0.716. The van der Waals surface area contributed by atoms with Crippen molar-refractivity contribution in [1.29, 1.82) is 0 Å². The number of hydrogen-bond donors (Lipinski definition) is 0. The van der Waals surface area contributed by atoms with Crippen LogP contribution in [0.5, 0.6) is 28.7 Å². The standard InChI is InChI=1S/C28H35NO8/c1-17-13-24(30)37-28-25(17)20(31-2)16-21(32-3)26(28)19(7-8-29-9-11-36-12-10-29)18-14-22(33-4)27(35-6)23(15-18)34-5/h13-16,19H,7-12H2,1-6H3/t19-/m1/s1. The maximum absolute atomic E-state index is 12.6. The van der Waals surface area contributed by atoms with E-state index in [1.165, 1.54) is 6.07 Å². The van der Waals surface area contributed by atoms with Crippen LogP contribution in [0, 0.1) is 6.92 Å². The van der Waals surface area contributed by atoms with Crippen molar-refractivity contribution < 1.29 is 32.8 Å². The van der Waals surface area contributed by atoms with Crippen molar-refractivity contribution in [3.05, 3.63) is 51.4 Å². The number of rotatable bonds is 10. The van der Waals surface area contributed by atoms with E-state index in [0.29, 0.717) is 54.0 Å². The minimum Gasteiger partial charge on any atom is -0.496 e. The molecule has 200 valence electrons. The van der Waals surface area contributed by atoms with Crippen LogP contribution in [0.2, 0.25) is 0 Å². The first-order chi connectivity index (χ1) is 17.9. The van der Waals surface area contributed by atoms with Crippen LogP contribution in [0.4, 0.5) is 0 Å². The Kier molecular flexibility index (Phi) is 8.45. The molecule has 0 amide bonds. The van der Waals surface area contributed by atoms with E-state index in [9.17, 15) is 4.79 Å². The normalized spacial score (nSPS) is 14.9. The van der Waals surface area contributed by atoms with Gasteiger partial charge in [0.1, 0.15) is 17.1 Å². The van der Waals surface area contributed by atoms with Gasteiger partial charge in [-0.05, 0) is 43.1 Å². The molecule has 2 heterocycles. The van der Waals surface area contributed by atoms with Gasteiger partial charge < -0.3 is 32.8 Å². The van der Waals surface area contributed by atoms with Gasteiger partial charge in [-0.25, -0.2) is 4.79 Å².